The molecule has 2 aliphatic rings. The number of carbonyl (C=O) groups is 4. The van der Waals surface area contributed by atoms with E-state index in [1.165, 1.54) is 23.5 Å². The first kappa shape index (κ1) is 25.8. The number of hydrogen-bond acceptors (Lipinski definition) is 6. The van der Waals surface area contributed by atoms with Crippen molar-refractivity contribution in [1.29, 1.82) is 0 Å². The van der Waals surface area contributed by atoms with Crippen LogP contribution in [0.1, 0.15) is 12.8 Å². The van der Waals surface area contributed by atoms with E-state index in [1.54, 1.807) is 24.3 Å². The minimum absolute atomic E-state index is 0.134. The highest BCUT2D eigenvalue weighted by Crippen LogP contribution is 2.22. The van der Waals surface area contributed by atoms with Crippen LogP contribution in [0.15, 0.2) is 72.9 Å². The van der Waals surface area contributed by atoms with Gasteiger partial charge >= 0.3 is 0 Å². The van der Waals surface area contributed by atoms with E-state index in [0.717, 1.165) is 0 Å². The fraction of sp³-hybridized carbons (Fsp3) is 0.308. The van der Waals surface area contributed by atoms with E-state index in [0.29, 0.717) is 35.7 Å². The number of anilines is 2. The monoisotopic (exact) mass is 496 g/mol. The van der Waals surface area contributed by atoms with Gasteiger partial charge in [0.05, 0.1) is 34.7 Å². The highest BCUT2D eigenvalue weighted by Gasteiger charge is 2.16. The second kappa shape index (κ2) is 13.8. The summed E-state index contributed by atoms with van der Waals surface area (Å²) >= 11 is 2.81. The van der Waals surface area contributed by atoms with Crippen LogP contribution in [0.3, 0.4) is 0 Å². The predicted molar refractivity (Wildman–Crippen MR) is 141 cm³/mol. The van der Waals surface area contributed by atoms with Gasteiger partial charge in [-0.1, -0.05) is 60.7 Å². The Labute approximate surface area is 208 Å². The Hall–Kier alpha value is -2.84. The third-order valence-corrected chi connectivity index (χ3v) is 7.08. The Morgan fingerprint density at radius 2 is 1.03 bits per heavy atom. The number of rotatable bonds is 14. The number of carbonyl (C=O) groups excluding carboxylic acids is 4. The van der Waals surface area contributed by atoms with Crippen LogP contribution in [0, 0.1) is 11.8 Å². The normalized spacial score (nSPS) is 14.6. The minimum atomic E-state index is -0.192. The third-order valence-electron chi connectivity index (χ3n) is 5.17. The van der Waals surface area contributed by atoms with Gasteiger partial charge in [-0.05, 0) is 12.1 Å². The molecule has 0 atom stereocenters. The molecule has 0 spiro atoms. The summed E-state index contributed by atoms with van der Waals surface area (Å²) in [6, 6.07) is 7.03. The molecule has 2 N–H and O–H groups in total. The van der Waals surface area contributed by atoms with E-state index in [9.17, 15) is 19.2 Å². The lowest BCUT2D eigenvalue weighted by Crippen LogP contribution is -2.19. The Balaban J connectivity index is 1.35. The number of thioether (sulfide) groups is 2. The molecular weight excluding hydrogens is 468 g/mol. The fourth-order valence-electron chi connectivity index (χ4n) is 3.38. The van der Waals surface area contributed by atoms with Crippen molar-refractivity contribution in [2.75, 3.05) is 33.6 Å². The van der Waals surface area contributed by atoms with E-state index >= 15 is 0 Å². The molecule has 3 rings (SSSR count). The van der Waals surface area contributed by atoms with E-state index in [4.69, 9.17) is 0 Å². The number of nitrogens with one attached hydrogen (secondary N) is 2. The molecule has 0 bridgehead atoms. The molecule has 34 heavy (non-hydrogen) atoms. The van der Waals surface area contributed by atoms with Crippen LogP contribution in [-0.4, -0.2) is 46.4 Å². The van der Waals surface area contributed by atoms with Crippen molar-refractivity contribution in [1.82, 2.24) is 0 Å². The summed E-state index contributed by atoms with van der Waals surface area (Å²) in [5.74, 6) is 1.26. The third kappa shape index (κ3) is 8.50. The van der Waals surface area contributed by atoms with Crippen molar-refractivity contribution < 1.29 is 19.2 Å². The number of ketones is 2. The molecule has 0 saturated heterocycles. The van der Waals surface area contributed by atoms with E-state index in [-0.39, 0.29) is 46.7 Å². The van der Waals surface area contributed by atoms with Crippen LogP contribution in [0.2, 0.25) is 0 Å². The lowest BCUT2D eigenvalue weighted by molar-refractivity contribution is -0.120. The average molecular weight is 497 g/mol. The molecule has 0 radical (unpaired) electrons. The Morgan fingerprint density at radius 3 is 1.41 bits per heavy atom. The van der Waals surface area contributed by atoms with Crippen LogP contribution in [0.5, 0.6) is 0 Å². The zero-order chi connectivity index (χ0) is 24.2. The number of benzene rings is 1. The molecule has 0 unspecified atom stereocenters. The maximum Gasteiger partial charge on any atom is 0.234 e. The van der Waals surface area contributed by atoms with Crippen LogP contribution in [0.4, 0.5) is 11.4 Å². The van der Waals surface area contributed by atoms with Gasteiger partial charge in [-0.15, -0.1) is 0 Å². The van der Waals surface area contributed by atoms with Gasteiger partial charge in [0.2, 0.25) is 11.8 Å². The first-order valence-corrected chi connectivity index (χ1v) is 13.4. The van der Waals surface area contributed by atoms with Crippen LogP contribution in [0.25, 0.3) is 0 Å². The number of Topliss-reactive ketones (excluding diaryl/α,β-unsaturated/α-hetero) is 2. The average Bonchev–Trinajstić information content (AvgIpc) is 3.55. The lowest BCUT2D eigenvalue weighted by atomic mass is 10.1. The number of allylic oxidation sites excluding steroid dienone is 8. The van der Waals surface area contributed by atoms with E-state index in [1.807, 2.05) is 48.6 Å². The van der Waals surface area contributed by atoms with Gasteiger partial charge in [0.25, 0.3) is 0 Å². The molecule has 0 saturated carbocycles. The molecule has 178 valence electrons. The summed E-state index contributed by atoms with van der Waals surface area (Å²) in [5.41, 5.74) is 1.05. The topological polar surface area (TPSA) is 92.3 Å². The molecule has 1 aromatic rings. The molecule has 0 aromatic heterocycles. The maximum atomic E-state index is 12.3. The summed E-state index contributed by atoms with van der Waals surface area (Å²) in [6.07, 6.45) is 15.8. The number of amides is 2. The zero-order valence-electron chi connectivity index (χ0n) is 18.8. The molecule has 2 amide bonds. The van der Waals surface area contributed by atoms with Crippen LogP contribution < -0.4 is 10.6 Å². The molecule has 2 aliphatic carbocycles. The van der Waals surface area contributed by atoms with Gasteiger partial charge in [-0.25, -0.2) is 0 Å². The number of hydrogen-bond donors (Lipinski definition) is 2. The van der Waals surface area contributed by atoms with Crippen molar-refractivity contribution >= 4 is 58.3 Å². The highest BCUT2D eigenvalue weighted by atomic mass is 32.2. The predicted octanol–water partition coefficient (Wildman–Crippen LogP) is 4.43. The van der Waals surface area contributed by atoms with E-state index < -0.39 is 0 Å². The van der Waals surface area contributed by atoms with Crippen molar-refractivity contribution in [2.24, 2.45) is 11.8 Å². The largest absolute Gasteiger partial charge is 0.324 e. The van der Waals surface area contributed by atoms with Gasteiger partial charge in [0.15, 0.2) is 0 Å². The Kier molecular flexibility index (Phi) is 10.4. The zero-order valence-corrected chi connectivity index (χ0v) is 20.4. The first-order chi connectivity index (χ1) is 16.5. The lowest BCUT2D eigenvalue weighted by Gasteiger charge is -2.12. The summed E-state index contributed by atoms with van der Waals surface area (Å²) in [4.78, 5) is 48.7. The summed E-state index contributed by atoms with van der Waals surface area (Å²) in [7, 11) is 0. The number of para-hydroxylation sites is 2. The molecule has 0 heterocycles. The maximum absolute atomic E-state index is 12.3. The van der Waals surface area contributed by atoms with Crippen molar-refractivity contribution in [3.63, 3.8) is 0 Å². The highest BCUT2D eigenvalue weighted by molar-refractivity contribution is 8.00. The van der Waals surface area contributed by atoms with Crippen molar-refractivity contribution in [3.05, 3.63) is 72.9 Å². The van der Waals surface area contributed by atoms with Gasteiger partial charge < -0.3 is 10.6 Å². The van der Waals surface area contributed by atoms with Gasteiger partial charge in [-0.2, -0.15) is 23.5 Å². The minimum Gasteiger partial charge on any atom is -0.324 e. The molecule has 8 heteroatoms. The SMILES string of the molecule is O=C(CSCCC(=O)C1C=CC=C1)Nc1ccccc1NC(=O)CSCCC(=O)C1C=CC=C1. The molecule has 1 aromatic carbocycles. The van der Waals surface area contributed by atoms with Gasteiger partial charge in [-0.3, -0.25) is 19.2 Å². The fourth-order valence-corrected chi connectivity index (χ4v) is 4.87. The molecule has 0 aliphatic heterocycles. The van der Waals surface area contributed by atoms with Crippen molar-refractivity contribution in [3.8, 4) is 0 Å². The quantitative estimate of drug-likeness (QED) is 0.370. The van der Waals surface area contributed by atoms with Crippen LogP contribution >= 0.6 is 23.5 Å². The van der Waals surface area contributed by atoms with E-state index in [2.05, 4.69) is 10.6 Å². The second-order valence-corrected chi connectivity index (χ2v) is 9.98. The molecular formula is C26H28N2O4S2. The summed E-state index contributed by atoms with van der Waals surface area (Å²) in [5, 5.41) is 5.65. The van der Waals surface area contributed by atoms with Crippen molar-refractivity contribution in [2.45, 2.75) is 12.8 Å². The van der Waals surface area contributed by atoms with Gasteiger partial charge in [0.1, 0.15) is 11.6 Å². The van der Waals surface area contributed by atoms with Gasteiger partial charge in [0, 0.05) is 24.3 Å². The summed E-state index contributed by atoms with van der Waals surface area (Å²) < 4.78 is 0. The summed E-state index contributed by atoms with van der Waals surface area (Å²) in [6.45, 7) is 0. The first-order valence-electron chi connectivity index (χ1n) is 11.1. The second-order valence-electron chi connectivity index (χ2n) is 7.77. The molecule has 6 nitrogen and oxygen atoms in total. The molecule has 0 fully saturated rings. The standard InChI is InChI=1S/C26H28N2O4S2/c29-23(19-7-1-2-8-19)13-15-33-17-25(31)27-21-11-5-6-12-22(21)28-26(32)18-34-16-14-24(30)20-9-3-4-10-20/h1-12,19-20H,13-18H2,(H,27,31)(H,28,32). The van der Waals surface area contributed by atoms with Crippen LogP contribution in [-0.2, 0) is 19.2 Å². The Bertz CT molecular complexity index is 924. The Morgan fingerprint density at radius 1 is 0.647 bits per heavy atom. The smallest absolute Gasteiger partial charge is 0.234 e.